The van der Waals surface area contributed by atoms with Crippen LogP contribution in [0.5, 0.6) is 5.75 Å². The Morgan fingerprint density at radius 1 is 1.08 bits per heavy atom. The first-order chi connectivity index (χ1) is 19.2. The first-order valence-electron chi connectivity index (χ1n) is 13.8. The molecule has 3 aromatic rings. The van der Waals surface area contributed by atoms with Crippen LogP contribution in [0.2, 0.25) is 0 Å². The monoisotopic (exact) mass is 546 g/mol. The molecule has 3 aromatic heterocycles. The Hall–Kier alpha value is -2.95. The Labute approximate surface area is 233 Å². The molecule has 2 saturated heterocycles. The molecule has 3 aliphatic heterocycles. The van der Waals surface area contributed by atoms with Crippen molar-refractivity contribution in [1.29, 1.82) is 0 Å². The van der Waals surface area contributed by atoms with Crippen molar-refractivity contribution in [3.8, 4) is 5.75 Å². The molecular formula is C29H34N6O3S. The first-order valence-corrected chi connectivity index (χ1v) is 14.6. The second kappa shape index (κ2) is 10.6. The zero-order valence-electron chi connectivity index (χ0n) is 22.3. The number of methoxy groups -OCH3 is 1. The largest absolute Gasteiger partial charge is 0.486 e. The Kier molecular flexibility index (Phi) is 6.78. The quantitative estimate of drug-likeness (QED) is 0.320. The predicted molar refractivity (Wildman–Crippen MR) is 148 cm³/mol. The summed E-state index contributed by atoms with van der Waals surface area (Å²) >= 11 is 1.59. The third-order valence-electron chi connectivity index (χ3n) is 8.67. The van der Waals surface area contributed by atoms with Gasteiger partial charge in [0.2, 0.25) is 0 Å². The maximum Gasteiger partial charge on any atom is 0.175 e. The minimum Gasteiger partial charge on any atom is -0.486 e. The van der Waals surface area contributed by atoms with Gasteiger partial charge in [0.05, 0.1) is 29.9 Å². The standard InChI is InChI=1S/C29H34N6O3S/c1-36-19-37-17-20-11-22-18-38-27-24(4-8-31-28(27)35(22)16-20)39-26-15-32-25(14-33-26)34-9-5-29(6-10-34)12-21-3-2-7-30-23(21)13-29/h2-4,7-8,14-15,20,22H,5-6,9-13,16-19H2,1H3/t20-,22-/m1/s1. The number of piperidine rings is 1. The number of hydrogen-bond acceptors (Lipinski definition) is 10. The smallest absolute Gasteiger partial charge is 0.175 e. The normalized spacial score (nSPS) is 22.9. The third kappa shape index (κ3) is 4.94. The summed E-state index contributed by atoms with van der Waals surface area (Å²) in [5.41, 5.74) is 3.10. The van der Waals surface area contributed by atoms with Crippen molar-refractivity contribution in [1.82, 2.24) is 19.9 Å². The number of rotatable bonds is 7. The van der Waals surface area contributed by atoms with Crippen molar-refractivity contribution >= 4 is 23.4 Å². The van der Waals surface area contributed by atoms with Gasteiger partial charge >= 0.3 is 0 Å². The SMILES string of the molecule is COCOC[C@@H]1C[C@@H]2COc3c(Sc4cnc(N5CCC6(CC5)Cc5cccnc5C6)cn4)ccnc3N2C1. The van der Waals surface area contributed by atoms with E-state index in [9.17, 15) is 0 Å². The summed E-state index contributed by atoms with van der Waals surface area (Å²) in [6.07, 6.45) is 13.2. The lowest BCUT2D eigenvalue weighted by Gasteiger charge is -2.39. The molecule has 2 fully saturated rings. The summed E-state index contributed by atoms with van der Waals surface area (Å²) in [5, 5.41) is 0.857. The molecule has 10 heteroatoms. The Bertz CT molecular complexity index is 1290. The Balaban J connectivity index is 0.987. The number of anilines is 2. The van der Waals surface area contributed by atoms with Crippen LogP contribution in [0.3, 0.4) is 0 Å². The minimum atomic E-state index is 0.332. The third-order valence-corrected chi connectivity index (χ3v) is 9.63. The van der Waals surface area contributed by atoms with Crippen molar-refractivity contribution in [2.24, 2.45) is 11.3 Å². The van der Waals surface area contributed by atoms with Crippen LogP contribution in [0.15, 0.2) is 52.9 Å². The number of nitrogens with zero attached hydrogens (tertiary/aromatic N) is 6. The molecule has 0 unspecified atom stereocenters. The van der Waals surface area contributed by atoms with E-state index in [2.05, 4.69) is 31.9 Å². The van der Waals surface area contributed by atoms with Crippen LogP contribution in [0.1, 0.15) is 30.5 Å². The van der Waals surface area contributed by atoms with Crippen molar-refractivity contribution in [3.05, 3.63) is 54.2 Å². The summed E-state index contributed by atoms with van der Waals surface area (Å²) in [6.45, 7) is 4.62. The number of hydrogen-bond donors (Lipinski definition) is 0. The Morgan fingerprint density at radius 3 is 2.82 bits per heavy atom. The van der Waals surface area contributed by atoms with Gasteiger partial charge in [-0.2, -0.15) is 0 Å². The van der Waals surface area contributed by atoms with Crippen LogP contribution >= 0.6 is 11.8 Å². The maximum absolute atomic E-state index is 6.25. The van der Waals surface area contributed by atoms with Crippen molar-refractivity contribution in [2.45, 2.75) is 48.1 Å². The molecular weight excluding hydrogens is 512 g/mol. The van der Waals surface area contributed by atoms with Gasteiger partial charge < -0.3 is 24.0 Å². The van der Waals surface area contributed by atoms with Crippen molar-refractivity contribution in [3.63, 3.8) is 0 Å². The molecule has 0 saturated carbocycles. The summed E-state index contributed by atoms with van der Waals surface area (Å²) < 4.78 is 16.9. The van der Waals surface area contributed by atoms with Crippen LogP contribution in [0.4, 0.5) is 11.6 Å². The summed E-state index contributed by atoms with van der Waals surface area (Å²) in [5.74, 6) is 3.16. The molecule has 9 nitrogen and oxygen atoms in total. The van der Waals surface area contributed by atoms with E-state index in [0.717, 1.165) is 66.2 Å². The average Bonchev–Trinajstić information content (AvgIpc) is 3.55. The maximum atomic E-state index is 6.25. The van der Waals surface area contributed by atoms with E-state index < -0.39 is 0 Å². The first kappa shape index (κ1) is 25.0. The second-order valence-corrected chi connectivity index (χ2v) is 12.3. The van der Waals surface area contributed by atoms with Crippen molar-refractivity contribution in [2.75, 3.05) is 56.6 Å². The molecule has 39 heavy (non-hydrogen) atoms. The molecule has 2 atom stereocenters. The Morgan fingerprint density at radius 2 is 2.00 bits per heavy atom. The minimum absolute atomic E-state index is 0.332. The van der Waals surface area contributed by atoms with E-state index in [1.807, 2.05) is 30.9 Å². The highest BCUT2D eigenvalue weighted by Crippen LogP contribution is 2.46. The molecule has 0 aromatic carbocycles. The lowest BCUT2D eigenvalue weighted by molar-refractivity contribution is -0.0414. The van der Waals surface area contributed by atoms with Gasteiger partial charge in [-0.1, -0.05) is 17.8 Å². The summed E-state index contributed by atoms with van der Waals surface area (Å²) in [7, 11) is 1.65. The van der Waals surface area contributed by atoms with Gasteiger partial charge in [-0.3, -0.25) is 4.98 Å². The number of pyridine rings is 2. The lowest BCUT2D eigenvalue weighted by atomic mass is 9.76. The zero-order valence-corrected chi connectivity index (χ0v) is 23.1. The van der Waals surface area contributed by atoms with Gasteiger partial charge in [-0.05, 0) is 55.2 Å². The average molecular weight is 547 g/mol. The van der Waals surface area contributed by atoms with Crippen LogP contribution in [0, 0.1) is 11.3 Å². The van der Waals surface area contributed by atoms with Crippen LogP contribution in [0.25, 0.3) is 0 Å². The van der Waals surface area contributed by atoms with Crippen LogP contribution in [-0.4, -0.2) is 72.7 Å². The number of ether oxygens (including phenoxy) is 3. The molecule has 1 aliphatic carbocycles. The van der Waals surface area contributed by atoms with Gasteiger partial charge in [-0.15, -0.1) is 0 Å². The number of fused-ring (bicyclic) bond motifs is 4. The van der Waals surface area contributed by atoms with E-state index in [1.54, 1.807) is 18.9 Å². The molecule has 0 N–H and O–H groups in total. The fourth-order valence-electron chi connectivity index (χ4n) is 6.69. The van der Waals surface area contributed by atoms with Gasteiger partial charge in [0.25, 0.3) is 0 Å². The summed E-state index contributed by atoms with van der Waals surface area (Å²) in [6, 6.07) is 6.65. The van der Waals surface area contributed by atoms with E-state index in [4.69, 9.17) is 24.2 Å². The number of aromatic nitrogens is 4. The molecule has 204 valence electrons. The fraction of sp³-hybridized carbons (Fsp3) is 0.517. The highest BCUT2D eigenvalue weighted by molar-refractivity contribution is 7.99. The van der Waals surface area contributed by atoms with Gasteiger partial charge in [0.15, 0.2) is 11.6 Å². The van der Waals surface area contributed by atoms with E-state index in [1.165, 1.54) is 24.1 Å². The second-order valence-electron chi connectivity index (χ2n) is 11.2. The molecule has 0 bridgehead atoms. The molecule has 0 amide bonds. The zero-order chi connectivity index (χ0) is 26.2. The van der Waals surface area contributed by atoms with Gasteiger partial charge in [0, 0.05) is 50.7 Å². The molecule has 7 rings (SSSR count). The van der Waals surface area contributed by atoms with Crippen molar-refractivity contribution < 1.29 is 14.2 Å². The van der Waals surface area contributed by atoms with E-state index >= 15 is 0 Å². The fourth-order valence-corrected chi connectivity index (χ4v) is 7.49. The highest BCUT2D eigenvalue weighted by Gasteiger charge is 2.41. The van der Waals surface area contributed by atoms with Crippen LogP contribution < -0.4 is 14.5 Å². The molecule has 1 spiro atoms. The predicted octanol–water partition coefficient (Wildman–Crippen LogP) is 4.01. The lowest BCUT2D eigenvalue weighted by Crippen LogP contribution is -2.41. The van der Waals surface area contributed by atoms with Gasteiger partial charge in [0.1, 0.15) is 24.2 Å². The van der Waals surface area contributed by atoms with E-state index in [-0.39, 0.29) is 0 Å². The topological polar surface area (TPSA) is 85.7 Å². The van der Waals surface area contributed by atoms with Crippen LogP contribution in [-0.2, 0) is 22.3 Å². The van der Waals surface area contributed by atoms with E-state index in [0.29, 0.717) is 37.4 Å². The molecule has 0 radical (unpaired) electrons. The molecule has 4 aliphatic rings. The van der Waals surface area contributed by atoms with Gasteiger partial charge in [-0.25, -0.2) is 15.0 Å². The summed E-state index contributed by atoms with van der Waals surface area (Å²) in [4.78, 5) is 24.7. The highest BCUT2D eigenvalue weighted by atomic mass is 32.2. The molecule has 6 heterocycles.